The van der Waals surface area contributed by atoms with Crippen LogP contribution < -0.4 is 5.73 Å². The van der Waals surface area contributed by atoms with Gasteiger partial charge in [0.1, 0.15) is 0 Å². The molecule has 1 fully saturated rings. The van der Waals surface area contributed by atoms with E-state index in [0.29, 0.717) is 12.3 Å². The molecule has 116 valence electrons. The number of hydrogen-bond donors (Lipinski definition) is 1. The van der Waals surface area contributed by atoms with Crippen molar-refractivity contribution in [2.75, 3.05) is 13.1 Å². The van der Waals surface area contributed by atoms with E-state index in [9.17, 15) is 4.79 Å². The fourth-order valence-electron chi connectivity index (χ4n) is 2.44. The molecule has 1 unspecified atom stereocenters. The minimum absolute atomic E-state index is 0. The quantitative estimate of drug-likeness (QED) is 0.917. The highest BCUT2D eigenvalue weighted by atomic mass is 35.5. The molecule has 2 N–H and O–H groups in total. The van der Waals surface area contributed by atoms with E-state index >= 15 is 0 Å². The van der Waals surface area contributed by atoms with Gasteiger partial charge in [0, 0.05) is 44.5 Å². The molecule has 1 atom stereocenters. The van der Waals surface area contributed by atoms with E-state index in [1.54, 1.807) is 6.20 Å². The molecule has 20 heavy (non-hydrogen) atoms. The molecule has 0 saturated carbocycles. The largest absolute Gasteiger partial charge is 0.343 e. The lowest BCUT2D eigenvalue weighted by Crippen LogP contribution is -2.41. The number of carbonyl (C=O) groups is 1. The normalized spacial score (nSPS) is 17.0. The minimum atomic E-state index is -0.0423. The summed E-state index contributed by atoms with van der Waals surface area (Å²) < 4.78 is 1.98. The third kappa shape index (κ3) is 5.69. The lowest BCUT2D eigenvalue weighted by atomic mass is 9.96. The van der Waals surface area contributed by atoms with E-state index in [4.69, 9.17) is 5.73 Å². The summed E-state index contributed by atoms with van der Waals surface area (Å²) in [6, 6.07) is 1.90. The third-order valence-corrected chi connectivity index (χ3v) is 3.47. The van der Waals surface area contributed by atoms with Crippen LogP contribution in [0.15, 0.2) is 18.5 Å². The van der Waals surface area contributed by atoms with E-state index < -0.39 is 0 Å². The number of nitrogens with zero attached hydrogens (tertiary/aromatic N) is 3. The zero-order valence-corrected chi connectivity index (χ0v) is 13.4. The molecule has 2 heterocycles. The first-order chi connectivity index (χ1) is 8.65. The van der Waals surface area contributed by atoms with Crippen molar-refractivity contribution in [1.82, 2.24) is 14.7 Å². The zero-order valence-electron chi connectivity index (χ0n) is 11.8. The lowest BCUT2D eigenvalue weighted by molar-refractivity contribution is -0.132. The summed E-state index contributed by atoms with van der Waals surface area (Å²) in [5.74, 6) is 0.826. The molecule has 1 aromatic heterocycles. The van der Waals surface area contributed by atoms with Crippen molar-refractivity contribution in [2.45, 2.75) is 38.8 Å². The predicted molar refractivity (Wildman–Crippen MR) is 84.3 cm³/mol. The number of nitrogens with two attached hydrogens (primary N) is 1. The Morgan fingerprint density at radius 3 is 2.55 bits per heavy atom. The second-order valence-electron chi connectivity index (χ2n) is 5.23. The average molecular weight is 323 g/mol. The van der Waals surface area contributed by atoms with Gasteiger partial charge in [-0.25, -0.2) is 0 Å². The maximum Gasteiger partial charge on any atom is 0.224 e. The first-order valence-electron chi connectivity index (χ1n) is 6.66. The molecule has 1 aromatic rings. The van der Waals surface area contributed by atoms with E-state index in [-0.39, 0.29) is 36.8 Å². The monoisotopic (exact) mass is 322 g/mol. The molecule has 7 heteroatoms. The Labute approximate surface area is 132 Å². The summed E-state index contributed by atoms with van der Waals surface area (Å²) in [5.41, 5.74) is 5.66. The molecule has 0 radical (unpaired) electrons. The van der Waals surface area contributed by atoms with Gasteiger partial charge in [0.2, 0.25) is 5.91 Å². The van der Waals surface area contributed by atoms with Gasteiger partial charge in [-0.15, -0.1) is 24.8 Å². The van der Waals surface area contributed by atoms with Crippen LogP contribution in [0, 0.1) is 5.92 Å². The summed E-state index contributed by atoms with van der Waals surface area (Å²) in [6.07, 6.45) is 6.38. The maximum atomic E-state index is 11.9. The molecule has 0 spiro atoms. The smallest absolute Gasteiger partial charge is 0.224 e. The van der Waals surface area contributed by atoms with Crippen molar-refractivity contribution in [3.8, 4) is 0 Å². The van der Waals surface area contributed by atoms with Gasteiger partial charge in [-0.3, -0.25) is 9.48 Å². The van der Waals surface area contributed by atoms with Crippen molar-refractivity contribution >= 4 is 30.7 Å². The van der Waals surface area contributed by atoms with Crippen LogP contribution in [0.3, 0.4) is 0 Å². The van der Waals surface area contributed by atoms with Crippen LogP contribution in [0.4, 0.5) is 0 Å². The number of likely N-dealkylation sites (tertiary alicyclic amines) is 1. The molecule has 2 rings (SSSR count). The Balaban J connectivity index is 0.00000180. The first kappa shape index (κ1) is 19.2. The number of halogens is 2. The molecule has 1 saturated heterocycles. The van der Waals surface area contributed by atoms with Crippen LogP contribution in [0.25, 0.3) is 0 Å². The number of carbonyl (C=O) groups excluding carboxylic acids is 1. The Kier molecular flexibility index (Phi) is 8.85. The number of rotatable bonds is 4. The van der Waals surface area contributed by atoms with E-state index in [0.717, 1.165) is 32.5 Å². The molecular formula is C13H24Cl2N4O. The lowest BCUT2D eigenvalue weighted by Gasteiger charge is -2.32. The second kappa shape index (κ2) is 9.21. The van der Waals surface area contributed by atoms with Crippen molar-refractivity contribution in [3.63, 3.8) is 0 Å². The highest BCUT2D eigenvalue weighted by Crippen LogP contribution is 2.19. The first-order valence-corrected chi connectivity index (χ1v) is 6.66. The molecule has 0 aromatic carbocycles. The highest BCUT2D eigenvalue weighted by molar-refractivity contribution is 5.85. The second-order valence-corrected chi connectivity index (χ2v) is 5.23. The van der Waals surface area contributed by atoms with E-state index in [1.165, 1.54) is 0 Å². The fourth-order valence-corrected chi connectivity index (χ4v) is 2.44. The van der Waals surface area contributed by atoms with Crippen LogP contribution in [-0.4, -0.2) is 39.7 Å². The standard InChI is InChI=1S/C13H22N4O.2ClH/c1-11(14)9-13(18)16-7-3-12(4-8-16)10-17-6-2-5-15-17;;/h2,5-6,11-12H,3-4,7-10,14H2,1H3;2*1H. The summed E-state index contributed by atoms with van der Waals surface area (Å²) in [4.78, 5) is 13.8. The van der Waals surface area contributed by atoms with E-state index in [1.807, 2.05) is 28.8 Å². The van der Waals surface area contributed by atoms with Crippen LogP contribution in [0.5, 0.6) is 0 Å². The Morgan fingerprint density at radius 1 is 1.40 bits per heavy atom. The fraction of sp³-hybridized carbons (Fsp3) is 0.692. The number of hydrogen-bond acceptors (Lipinski definition) is 3. The van der Waals surface area contributed by atoms with Crippen LogP contribution in [0.2, 0.25) is 0 Å². The van der Waals surface area contributed by atoms with Gasteiger partial charge in [-0.2, -0.15) is 5.10 Å². The molecule has 1 amide bonds. The topological polar surface area (TPSA) is 64.2 Å². The molecule has 5 nitrogen and oxygen atoms in total. The third-order valence-electron chi connectivity index (χ3n) is 3.47. The Bertz CT molecular complexity index is 376. The number of amides is 1. The molecule has 0 bridgehead atoms. The van der Waals surface area contributed by atoms with E-state index in [2.05, 4.69) is 5.10 Å². The van der Waals surface area contributed by atoms with Crippen molar-refractivity contribution < 1.29 is 4.79 Å². The van der Waals surface area contributed by atoms with Gasteiger partial charge in [-0.05, 0) is 31.7 Å². The van der Waals surface area contributed by atoms with Gasteiger partial charge in [0.15, 0.2) is 0 Å². The maximum absolute atomic E-state index is 11.9. The van der Waals surface area contributed by atoms with Crippen LogP contribution in [0.1, 0.15) is 26.2 Å². The summed E-state index contributed by atoms with van der Waals surface area (Å²) >= 11 is 0. The molecule has 0 aliphatic carbocycles. The number of aromatic nitrogens is 2. The zero-order chi connectivity index (χ0) is 13.0. The number of piperidine rings is 1. The predicted octanol–water partition coefficient (Wildman–Crippen LogP) is 1.70. The SMILES string of the molecule is CC(N)CC(=O)N1CCC(Cn2cccn2)CC1.Cl.Cl. The minimum Gasteiger partial charge on any atom is -0.343 e. The average Bonchev–Trinajstić information content (AvgIpc) is 2.82. The Morgan fingerprint density at radius 2 is 2.05 bits per heavy atom. The van der Waals surface area contributed by atoms with Gasteiger partial charge >= 0.3 is 0 Å². The van der Waals surface area contributed by atoms with Gasteiger partial charge in [-0.1, -0.05) is 0 Å². The van der Waals surface area contributed by atoms with Crippen molar-refractivity contribution in [1.29, 1.82) is 0 Å². The molecule has 1 aliphatic heterocycles. The van der Waals surface area contributed by atoms with Crippen molar-refractivity contribution in [2.24, 2.45) is 11.7 Å². The van der Waals surface area contributed by atoms with Gasteiger partial charge in [0.25, 0.3) is 0 Å². The van der Waals surface area contributed by atoms with Crippen molar-refractivity contribution in [3.05, 3.63) is 18.5 Å². The van der Waals surface area contributed by atoms with Crippen LogP contribution >= 0.6 is 24.8 Å². The summed E-state index contributed by atoms with van der Waals surface area (Å²) in [6.45, 7) is 4.56. The molecule has 1 aliphatic rings. The van der Waals surface area contributed by atoms with Gasteiger partial charge < -0.3 is 10.6 Å². The summed E-state index contributed by atoms with van der Waals surface area (Å²) in [7, 11) is 0. The molecular weight excluding hydrogens is 299 g/mol. The highest BCUT2D eigenvalue weighted by Gasteiger charge is 2.23. The Hall–Kier alpha value is -0.780. The summed E-state index contributed by atoms with van der Waals surface area (Å²) in [5, 5.41) is 4.22. The van der Waals surface area contributed by atoms with Gasteiger partial charge in [0.05, 0.1) is 0 Å². The van der Waals surface area contributed by atoms with Crippen LogP contribution in [-0.2, 0) is 11.3 Å².